The molecule has 8 nitrogen and oxygen atoms in total. The summed E-state index contributed by atoms with van der Waals surface area (Å²) < 4.78 is 34.9. The van der Waals surface area contributed by atoms with Gasteiger partial charge in [-0.2, -0.15) is 0 Å². The first-order valence-electron chi connectivity index (χ1n) is 14.3. The number of carbonyl (C=O) groups excluding carboxylic acids is 2. The lowest BCUT2D eigenvalue weighted by Crippen LogP contribution is -2.53. The van der Waals surface area contributed by atoms with E-state index < -0.39 is 28.5 Å². The van der Waals surface area contributed by atoms with Crippen molar-refractivity contribution in [1.82, 2.24) is 10.2 Å². The monoisotopic (exact) mass is 577 g/mol. The highest BCUT2D eigenvalue weighted by atomic mass is 32.2. The van der Waals surface area contributed by atoms with Crippen LogP contribution in [0.25, 0.3) is 0 Å². The first kappa shape index (κ1) is 30.1. The van der Waals surface area contributed by atoms with Crippen LogP contribution in [-0.2, 0) is 26.2 Å². The number of ether oxygens (including phenoxy) is 1. The summed E-state index contributed by atoms with van der Waals surface area (Å²) in [6.07, 6.45) is 4.37. The first-order valence-corrected chi connectivity index (χ1v) is 15.7. The van der Waals surface area contributed by atoms with Crippen LogP contribution in [0.5, 0.6) is 5.75 Å². The van der Waals surface area contributed by atoms with E-state index in [1.54, 1.807) is 42.5 Å². The molecular weight excluding hydrogens is 538 g/mol. The molecule has 0 aromatic heterocycles. The van der Waals surface area contributed by atoms with Crippen molar-refractivity contribution in [1.29, 1.82) is 0 Å². The molecule has 0 bridgehead atoms. The van der Waals surface area contributed by atoms with Gasteiger partial charge in [-0.15, -0.1) is 0 Å². The molecule has 3 aromatic carbocycles. The number of anilines is 1. The molecule has 1 unspecified atom stereocenters. The number of hydrogen-bond donors (Lipinski definition) is 1. The molecule has 2 amide bonds. The predicted molar refractivity (Wildman–Crippen MR) is 160 cm³/mol. The fraction of sp³-hybridized carbons (Fsp3) is 0.375. The lowest BCUT2D eigenvalue weighted by molar-refractivity contribution is -0.140. The average Bonchev–Trinajstić information content (AvgIpc) is 3.50. The Kier molecular flexibility index (Phi) is 10.4. The lowest BCUT2D eigenvalue weighted by atomic mass is 10.1. The van der Waals surface area contributed by atoms with Crippen LogP contribution >= 0.6 is 0 Å². The second-order valence-electron chi connectivity index (χ2n) is 10.1. The summed E-state index contributed by atoms with van der Waals surface area (Å²) in [4.78, 5) is 29.3. The molecular formula is C32H39N3O5S. The molecule has 1 atom stereocenters. The van der Waals surface area contributed by atoms with Crippen LogP contribution in [0, 0.1) is 0 Å². The third-order valence-electron chi connectivity index (χ3n) is 7.33. The zero-order valence-corrected chi connectivity index (χ0v) is 24.6. The molecule has 1 saturated carbocycles. The Balaban J connectivity index is 1.73. The second kappa shape index (κ2) is 14.2. The molecule has 218 valence electrons. The van der Waals surface area contributed by atoms with Crippen molar-refractivity contribution in [2.75, 3.05) is 17.5 Å². The highest BCUT2D eigenvalue weighted by Gasteiger charge is 2.35. The van der Waals surface area contributed by atoms with E-state index in [4.69, 9.17) is 4.74 Å². The molecule has 9 heteroatoms. The van der Waals surface area contributed by atoms with Crippen LogP contribution in [0.4, 0.5) is 5.69 Å². The van der Waals surface area contributed by atoms with Gasteiger partial charge in [-0.1, -0.05) is 80.4 Å². The van der Waals surface area contributed by atoms with Crippen molar-refractivity contribution in [3.8, 4) is 5.75 Å². The van der Waals surface area contributed by atoms with E-state index in [9.17, 15) is 18.0 Å². The minimum absolute atomic E-state index is 0.0553. The number of benzene rings is 3. The average molecular weight is 578 g/mol. The van der Waals surface area contributed by atoms with Gasteiger partial charge in [0.05, 0.1) is 17.2 Å². The van der Waals surface area contributed by atoms with Crippen LogP contribution in [0.2, 0.25) is 0 Å². The summed E-state index contributed by atoms with van der Waals surface area (Å²) in [5.74, 6) is -0.341. The van der Waals surface area contributed by atoms with Gasteiger partial charge >= 0.3 is 0 Å². The van der Waals surface area contributed by atoms with E-state index in [-0.39, 0.29) is 29.1 Å². The molecule has 0 radical (unpaired) electrons. The molecule has 3 aromatic rings. The number of rotatable bonds is 13. The van der Waals surface area contributed by atoms with E-state index in [1.807, 2.05) is 44.2 Å². The van der Waals surface area contributed by atoms with Crippen molar-refractivity contribution >= 4 is 27.5 Å². The second-order valence-corrected chi connectivity index (χ2v) is 12.0. The molecule has 0 aliphatic heterocycles. The van der Waals surface area contributed by atoms with Crippen molar-refractivity contribution in [2.45, 2.75) is 69.5 Å². The van der Waals surface area contributed by atoms with Gasteiger partial charge in [0.2, 0.25) is 11.8 Å². The molecule has 1 N–H and O–H groups in total. The molecule has 0 spiro atoms. The molecule has 1 aliphatic rings. The third-order valence-corrected chi connectivity index (χ3v) is 9.10. The molecule has 41 heavy (non-hydrogen) atoms. The standard InChI is InChI=1S/C32H39N3O5S/c1-3-28(32(37)33-26-17-11-12-18-26)34(23-25-15-7-5-8-16-25)31(36)24-35(29-21-13-14-22-30(29)40-4-2)41(38,39)27-19-9-6-10-20-27/h5-10,13-16,19-22,26,28H,3-4,11-12,17-18,23-24H2,1-2H3,(H,33,37). The zero-order valence-electron chi connectivity index (χ0n) is 23.7. The van der Waals surface area contributed by atoms with Gasteiger partial charge in [-0.25, -0.2) is 8.42 Å². The van der Waals surface area contributed by atoms with Crippen LogP contribution in [0.3, 0.4) is 0 Å². The van der Waals surface area contributed by atoms with Gasteiger partial charge in [0.1, 0.15) is 18.3 Å². The third kappa shape index (κ3) is 7.47. The van der Waals surface area contributed by atoms with E-state index in [2.05, 4.69) is 5.32 Å². The van der Waals surface area contributed by atoms with Crippen molar-refractivity contribution in [3.63, 3.8) is 0 Å². The molecule has 1 fully saturated rings. The van der Waals surface area contributed by atoms with Gasteiger partial charge < -0.3 is 15.0 Å². The van der Waals surface area contributed by atoms with Gasteiger partial charge in [0.15, 0.2) is 0 Å². The molecule has 1 aliphatic carbocycles. The largest absolute Gasteiger partial charge is 0.492 e. The smallest absolute Gasteiger partial charge is 0.264 e. The van der Waals surface area contributed by atoms with Crippen molar-refractivity contribution in [2.24, 2.45) is 0 Å². The molecule has 0 heterocycles. The maximum absolute atomic E-state index is 14.2. The van der Waals surface area contributed by atoms with Gasteiger partial charge in [-0.3, -0.25) is 13.9 Å². The molecule has 4 rings (SSSR count). The van der Waals surface area contributed by atoms with Gasteiger partial charge in [-0.05, 0) is 56.0 Å². The number of nitrogens with one attached hydrogen (secondary N) is 1. The van der Waals surface area contributed by atoms with Crippen molar-refractivity contribution in [3.05, 3.63) is 90.5 Å². The predicted octanol–water partition coefficient (Wildman–Crippen LogP) is 5.15. The lowest BCUT2D eigenvalue weighted by Gasteiger charge is -2.34. The molecule has 0 saturated heterocycles. The van der Waals surface area contributed by atoms with Crippen LogP contribution in [0.15, 0.2) is 89.8 Å². The number of carbonyl (C=O) groups is 2. The minimum atomic E-state index is -4.16. The summed E-state index contributed by atoms with van der Waals surface area (Å²) in [7, 11) is -4.16. The Hall–Kier alpha value is -3.85. The van der Waals surface area contributed by atoms with E-state index in [1.165, 1.54) is 17.0 Å². The Morgan fingerprint density at radius 3 is 2.15 bits per heavy atom. The van der Waals surface area contributed by atoms with Gasteiger partial charge in [0, 0.05) is 12.6 Å². The summed E-state index contributed by atoms with van der Waals surface area (Å²) in [6, 6.07) is 23.6. The quantitative estimate of drug-likeness (QED) is 0.303. The fourth-order valence-electron chi connectivity index (χ4n) is 5.24. The Morgan fingerprint density at radius 2 is 1.51 bits per heavy atom. The number of amides is 2. The Bertz CT molecular complexity index is 1390. The van der Waals surface area contributed by atoms with Gasteiger partial charge in [0.25, 0.3) is 10.0 Å². The zero-order chi connectivity index (χ0) is 29.2. The van der Waals surface area contributed by atoms with E-state index in [0.717, 1.165) is 35.6 Å². The summed E-state index contributed by atoms with van der Waals surface area (Å²) in [6.45, 7) is 3.68. The summed E-state index contributed by atoms with van der Waals surface area (Å²) in [5, 5.41) is 3.13. The number of sulfonamides is 1. The normalized spacial score (nSPS) is 14.3. The SMILES string of the molecule is CCOc1ccccc1N(CC(=O)N(Cc1ccccc1)C(CC)C(=O)NC1CCCC1)S(=O)(=O)c1ccccc1. The summed E-state index contributed by atoms with van der Waals surface area (Å²) >= 11 is 0. The first-order chi connectivity index (χ1) is 19.8. The highest BCUT2D eigenvalue weighted by molar-refractivity contribution is 7.92. The van der Waals surface area contributed by atoms with Crippen molar-refractivity contribution < 1.29 is 22.7 Å². The van der Waals surface area contributed by atoms with E-state index in [0.29, 0.717) is 18.8 Å². The van der Waals surface area contributed by atoms with Crippen LogP contribution in [0.1, 0.15) is 51.5 Å². The number of para-hydroxylation sites is 2. The maximum Gasteiger partial charge on any atom is 0.264 e. The summed E-state index contributed by atoms with van der Waals surface area (Å²) in [5.41, 5.74) is 1.11. The van der Waals surface area contributed by atoms with Crippen LogP contribution in [-0.4, -0.2) is 50.4 Å². The number of hydrogen-bond acceptors (Lipinski definition) is 5. The van der Waals surface area contributed by atoms with Crippen LogP contribution < -0.4 is 14.4 Å². The topological polar surface area (TPSA) is 96.0 Å². The highest BCUT2D eigenvalue weighted by Crippen LogP contribution is 2.33. The fourth-order valence-corrected chi connectivity index (χ4v) is 6.69. The maximum atomic E-state index is 14.2. The Labute approximate surface area is 243 Å². The number of nitrogens with zero attached hydrogens (tertiary/aromatic N) is 2. The Morgan fingerprint density at radius 1 is 0.902 bits per heavy atom. The minimum Gasteiger partial charge on any atom is -0.492 e. The van der Waals surface area contributed by atoms with E-state index >= 15 is 0 Å².